The fourth-order valence-corrected chi connectivity index (χ4v) is 1.21. The maximum atomic E-state index is 10.6. The summed E-state index contributed by atoms with van der Waals surface area (Å²) in [6.07, 6.45) is -1.01. The molecule has 5 heteroatoms. The zero-order valence-corrected chi connectivity index (χ0v) is 8.00. The standard InChI is InChI=1S/C10H13NO4/c11-9(10(14)15)7-3-1-2-6(4-7)8(13)5-12/h1-4,8-9,12-13H,5,11H2,(H,14,15). The van der Waals surface area contributed by atoms with Gasteiger partial charge in [-0.25, -0.2) is 0 Å². The molecule has 0 saturated carbocycles. The molecular formula is C10H13NO4. The molecule has 1 aromatic carbocycles. The molecule has 82 valence electrons. The third kappa shape index (κ3) is 2.76. The van der Waals surface area contributed by atoms with E-state index in [1.165, 1.54) is 6.07 Å². The lowest BCUT2D eigenvalue weighted by Crippen LogP contribution is -2.20. The predicted molar refractivity (Wildman–Crippen MR) is 53.1 cm³/mol. The first-order chi connectivity index (χ1) is 7.06. The number of hydrogen-bond acceptors (Lipinski definition) is 4. The molecule has 5 nitrogen and oxygen atoms in total. The van der Waals surface area contributed by atoms with Gasteiger partial charge in [0, 0.05) is 0 Å². The molecule has 1 aromatic rings. The van der Waals surface area contributed by atoms with Gasteiger partial charge < -0.3 is 21.1 Å². The number of benzene rings is 1. The third-order valence-electron chi connectivity index (χ3n) is 2.09. The molecule has 0 amide bonds. The molecule has 2 atom stereocenters. The fourth-order valence-electron chi connectivity index (χ4n) is 1.21. The summed E-state index contributed by atoms with van der Waals surface area (Å²) in [6, 6.07) is 5.10. The van der Waals surface area contributed by atoms with Crippen LogP contribution < -0.4 is 5.73 Å². The van der Waals surface area contributed by atoms with Crippen LogP contribution in [0.1, 0.15) is 23.3 Å². The Hall–Kier alpha value is -1.43. The van der Waals surface area contributed by atoms with Crippen molar-refractivity contribution >= 4 is 5.97 Å². The molecular weight excluding hydrogens is 198 g/mol. The second-order valence-corrected chi connectivity index (χ2v) is 3.18. The molecule has 0 saturated heterocycles. The van der Waals surface area contributed by atoms with Gasteiger partial charge in [-0.05, 0) is 11.1 Å². The van der Waals surface area contributed by atoms with Gasteiger partial charge in [0.05, 0.1) is 6.61 Å². The van der Waals surface area contributed by atoms with Gasteiger partial charge in [0.25, 0.3) is 0 Å². The zero-order chi connectivity index (χ0) is 11.4. The Kier molecular flexibility index (Phi) is 3.79. The Labute approximate surface area is 86.8 Å². The molecule has 1 rings (SSSR count). The van der Waals surface area contributed by atoms with Crippen LogP contribution in [-0.4, -0.2) is 27.9 Å². The minimum atomic E-state index is -1.13. The van der Waals surface area contributed by atoms with E-state index < -0.39 is 24.7 Å². The molecule has 5 N–H and O–H groups in total. The maximum Gasteiger partial charge on any atom is 0.325 e. The van der Waals surface area contributed by atoms with Crippen LogP contribution in [0.2, 0.25) is 0 Å². The number of nitrogens with two attached hydrogens (primary N) is 1. The van der Waals surface area contributed by atoms with E-state index >= 15 is 0 Å². The number of carbonyl (C=O) groups is 1. The van der Waals surface area contributed by atoms with Crippen LogP contribution in [0.3, 0.4) is 0 Å². The van der Waals surface area contributed by atoms with Gasteiger partial charge in [-0.2, -0.15) is 0 Å². The van der Waals surface area contributed by atoms with Crippen molar-refractivity contribution in [1.82, 2.24) is 0 Å². The smallest absolute Gasteiger partial charge is 0.325 e. The predicted octanol–water partition coefficient (Wildman–Crippen LogP) is -0.203. The Morgan fingerprint density at radius 1 is 1.40 bits per heavy atom. The minimum Gasteiger partial charge on any atom is -0.480 e. The van der Waals surface area contributed by atoms with Gasteiger partial charge in [0.15, 0.2) is 0 Å². The average molecular weight is 211 g/mol. The van der Waals surface area contributed by atoms with E-state index in [9.17, 15) is 9.90 Å². The summed E-state index contributed by atoms with van der Waals surface area (Å²) in [6.45, 7) is -0.411. The fraction of sp³-hybridized carbons (Fsp3) is 0.300. The molecule has 0 spiro atoms. The Balaban J connectivity index is 2.97. The van der Waals surface area contributed by atoms with Crippen molar-refractivity contribution < 1.29 is 20.1 Å². The number of rotatable bonds is 4. The number of carboxylic acids is 1. The van der Waals surface area contributed by atoms with E-state index in [2.05, 4.69) is 0 Å². The quantitative estimate of drug-likeness (QED) is 0.552. The normalized spacial score (nSPS) is 14.6. The molecule has 0 heterocycles. The lowest BCUT2D eigenvalue weighted by atomic mass is 10.0. The van der Waals surface area contributed by atoms with E-state index in [4.69, 9.17) is 15.9 Å². The highest BCUT2D eigenvalue weighted by molar-refractivity contribution is 5.75. The minimum absolute atomic E-state index is 0.396. The Morgan fingerprint density at radius 2 is 2.00 bits per heavy atom. The third-order valence-corrected chi connectivity index (χ3v) is 2.09. The Bertz CT molecular complexity index is 353. The largest absolute Gasteiger partial charge is 0.480 e. The molecule has 15 heavy (non-hydrogen) atoms. The molecule has 0 aromatic heterocycles. The first-order valence-electron chi connectivity index (χ1n) is 4.43. The molecule has 0 fully saturated rings. The van der Waals surface area contributed by atoms with Gasteiger partial charge in [-0.1, -0.05) is 24.3 Å². The summed E-state index contributed by atoms with van der Waals surface area (Å²) < 4.78 is 0. The highest BCUT2D eigenvalue weighted by atomic mass is 16.4. The average Bonchev–Trinajstić information content (AvgIpc) is 2.27. The highest BCUT2D eigenvalue weighted by Crippen LogP contribution is 2.17. The summed E-state index contributed by atoms with van der Waals surface area (Å²) in [4.78, 5) is 10.6. The zero-order valence-electron chi connectivity index (χ0n) is 8.00. The second-order valence-electron chi connectivity index (χ2n) is 3.18. The number of aliphatic hydroxyl groups is 2. The summed E-state index contributed by atoms with van der Waals surface area (Å²) in [7, 11) is 0. The number of hydrogen-bond donors (Lipinski definition) is 4. The number of aliphatic hydroxyl groups excluding tert-OH is 2. The second kappa shape index (κ2) is 4.88. The van der Waals surface area contributed by atoms with Crippen LogP contribution in [0.15, 0.2) is 24.3 Å². The van der Waals surface area contributed by atoms with Crippen LogP contribution >= 0.6 is 0 Å². The van der Waals surface area contributed by atoms with E-state index in [1.807, 2.05) is 0 Å². The van der Waals surface area contributed by atoms with Crippen molar-refractivity contribution in [3.8, 4) is 0 Å². The van der Waals surface area contributed by atoms with Gasteiger partial charge in [-0.3, -0.25) is 4.79 Å². The Morgan fingerprint density at radius 3 is 2.53 bits per heavy atom. The number of aliphatic carboxylic acids is 1. The van der Waals surface area contributed by atoms with Crippen LogP contribution in [0.4, 0.5) is 0 Å². The van der Waals surface area contributed by atoms with Gasteiger partial charge in [0.2, 0.25) is 0 Å². The molecule has 0 radical (unpaired) electrons. The van der Waals surface area contributed by atoms with Gasteiger partial charge >= 0.3 is 5.97 Å². The van der Waals surface area contributed by atoms with E-state index in [1.54, 1.807) is 18.2 Å². The molecule has 0 aliphatic carbocycles. The monoisotopic (exact) mass is 211 g/mol. The van der Waals surface area contributed by atoms with Gasteiger partial charge in [0.1, 0.15) is 12.1 Å². The van der Waals surface area contributed by atoms with Crippen LogP contribution in [0.25, 0.3) is 0 Å². The van der Waals surface area contributed by atoms with Crippen LogP contribution in [0.5, 0.6) is 0 Å². The topological polar surface area (TPSA) is 104 Å². The maximum absolute atomic E-state index is 10.6. The van der Waals surface area contributed by atoms with Crippen molar-refractivity contribution in [3.63, 3.8) is 0 Å². The molecule has 2 unspecified atom stereocenters. The lowest BCUT2D eigenvalue weighted by Gasteiger charge is -2.11. The summed E-state index contributed by atoms with van der Waals surface area (Å²) in [5.74, 6) is -1.13. The van der Waals surface area contributed by atoms with Crippen molar-refractivity contribution in [2.24, 2.45) is 5.73 Å². The first kappa shape index (κ1) is 11.6. The first-order valence-corrected chi connectivity index (χ1v) is 4.43. The van der Waals surface area contributed by atoms with E-state index in [-0.39, 0.29) is 0 Å². The van der Waals surface area contributed by atoms with E-state index in [0.29, 0.717) is 11.1 Å². The van der Waals surface area contributed by atoms with Crippen molar-refractivity contribution in [3.05, 3.63) is 35.4 Å². The van der Waals surface area contributed by atoms with Gasteiger partial charge in [-0.15, -0.1) is 0 Å². The van der Waals surface area contributed by atoms with Crippen molar-refractivity contribution in [2.45, 2.75) is 12.1 Å². The summed E-state index contributed by atoms with van der Waals surface area (Å²) in [5.41, 5.74) is 6.25. The summed E-state index contributed by atoms with van der Waals surface area (Å²) >= 11 is 0. The highest BCUT2D eigenvalue weighted by Gasteiger charge is 2.15. The number of carboxylic acid groups (broad SMARTS) is 1. The molecule has 0 bridgehead atoms. The van der Waals surface area contributed by atoms with Crippen molar-refractivity contribution in [1.29, 1.82) is 0 Å². The summed E-state index contributed by atoms with van der Waals surface area (Å²) in [5, 5.41) is 26.8. The lowest BCUT2D eigenvalue weighted by molar-refractivity contribution is -0.138. The van der Waals surface area contributed by atoms with Crippen LogP contribution in [0, 0.1) is 0 Å². The SMILES string of the molecule is NC(C(=O)O)c1cccc(C(O)CO)c1. The van der Waals surface area contributed by atoms with Crippen molar-refractivity contribution in [2.75, 3.05) is 6.61 Å². The molecule has 0 aliphatic heterocycles. The van der Waals surface area contributed by atoms with E-state index in [0.717, 1.165) is 0 Å². The van der Waals surface area contributed by atoms with Crippen LogP contribution in [-0.2, 0) is 4.79 Å². The molecule has 0 aliphatic rings.